The minimum absolute atomic E-state index is 0.256. The van der Waals surface area contributed by atoms with Gasteiger partial charge in [-0.3, -0.25) is 0 Å². The molecule has 1 aromatic heterocycles. The van der Waals surface area contributed by atoms with Gasteiger partial charge in [-0.2, -0.15) is 5.26 Å². The summed E-state index contributed by atoms with van der Waals surface area (Å²) in [6.07, 6.45) is 0. The van der Waals surface area contributed by atoms with Gasteiger partial charge in [-0.1, -0.05) is 0 Å². The Kier molecular flexibility index (Phi) is 3.17. The van der Waals surface area contributed by atoms with E-state index in [1.165, 1.54) is 29.5 Å². The molecule has 0 fully saturated rings. The summed E-state index contributed by atoms with van der Waals surface area (Å²) < 4.78 is 13.6. The van der Waals surface area contributed by atoms with Crippen LogP contribution in [0.1, 0.15) is 5.56 Å². The minimum atomic E-state index is -0.428. The van der Waals surface area contributed by atoms with Crippen LogP contribution in [0.5, 0.6) is 0 Å². The normalized spacial score (nSPS) is 9.81. The van der Waals surface area contributed by atoms with Gasteiger partial charge in [-0.05, 0) is 34.1 Å². The SMILES string of the molecule is N#Cc1cc(F)ccc1Nc1nc(Br)cs1. The molecule has 1 aromatic carbocycles. The maximum absolute atomic E-state index is 12.9. The maximum atomic E-state index is 12.9. The molecule has 0 aliphatic carbocycles. The first-order valence-electron chi connectivity index (χ1n) is 4.27. The number of nitriles is 1. The van der Waals surface area contributed by atoms with Gasteiger partial charge in [0.1, 0.15) is 16.5 Å². The van der Waals surface area contributed by atoms with Crippen molar-refractivity contribution < 1.29 is 4.39 Å². The van der Waals surface area contributed by atoms with Crippen molar-refractivity contribution in [3.05, 3.63) is 39.6 Å². The maximum Gasteiger partial charge on any atom is 0.188 e. The fourth-order valence-electron chi connectivity index (χ4n) is 1.14. The second kappa shape index (κ2) is 4.60. The average molecular weight is 298 g/mol. The number of aromatic nitrogens is 1. The van der Waals surface area contributed by atoms with E-state index in [4.69, 9.17) is 5.26 Å². The molecule has 0 bridgehead atoms. The molecule has 1 heterocycles. The number of hydrogen-bond donors (Lipinski definition) is 1. The van der Waals surface area contributed by atoms with Crippen molar-refractivity contribution in [2.24, 2.45) is 0 Å². The Labute approximate surface area is 104 Å². The number of halogens is 2. The Bertz CT molecular complexity index is 561. The van der Waals surface area contributed by atoms with Crippen LogP contribution in [0.2, 0.25) is 0 Å². The third kappa shape index (κ3) is 2.38. The van der Waals surface area contributed by atoms with E-state index in [1.807, 2.05) is 11.4 Å². The van der Waals surface area contributed by atoms with E-state index in [0.717, 1.165) is 4.60 Å². The molecular formula is C10H5BrFN3S. The zero-order valence-electron chi connectivity index (χ0n) is 7.87. The molecule has 0 amide bonds. The molecule has 0 saturated heterocycles. The Morgan fingerprint density at radius 2 is 2.31 bits per heavy atom. The van der Waals surface area contributed by atoms with E-state index in [2.05, 4.69) is 26.2 Å². The summed E-state index contributed by atoms with van der Waals surface area (Å²) in [5.74, 6) is -0.428. The lowest BCUT2D eigenvalue weighted by Gasteiger charge is -2.04. The van der Waals surface area contributed by atoms with Crippen LogP contribution in [0.25, 0.3) is 0 Å². The molecule has 3 nitrogen and oxygen atoms in total. The van der Waals surface area contributed by atoms with Crippen LogP contribution in [0.15, 0.2) is 28.2 Å². The summed E-state index contributed by atoms with van der Waals surface area (Å²) in [4.78, 5) is 4.12. The highest BCUT2D eigenvalue weighted by atomic mass is 79.9. The van der Waals surface area contributed by atoms with Gasteiger partial charge in [0.25, 0.3) is 0 Å². The molecule has 2 aromatic rings. The lowest BCUT2D eigenvalue weighted by atomic mass is 10.2. The molecule has 0 radical (unpaired) electrons. The van der Waals surface area contributed by atoms with Crippen LogP contribution < -0.4 is 5.32 Å². The third-order valence-corrected chi connectivity index (χ3v) is 3.29. The molecule has 0 saturated carbocycles. The highest BCUT2D eigenvalue weighted by molar-refractivity contribution is 9.10. The average Bonchev–Trinajstić information content (AvgIpc) is 2.67. The Hall–Kier alpha value is -1.45. The first-order valence-corrected chi connectivity index (χ1v) is 5.94. The van der Waals surface area contributed by atoms with Gasteiger partial charge in [0.2, 0.25) is 0 Å². The van der Waals surface area contributed by atoms with Gasteiger partial charge in [0.15, 0.2) is 5.13 Å². The van der Waals surface area contributed by atoms with Crippen LogP contribution >= 0.6 is 27.3 Å². The monoisotopic (exact) mass is 297 g/mol. The fourth-order valence-corrected chi connectivity index (χ4v) is 2.30. The van der Waals surface area contributed by atoms with Crippen molar-refractivity contribution >= 4 is 38.1 Å². The van der Waals surface area contributed by atoms with E-state index >= 15 is 0 Å². The number of hydrogen-bond acceptors (Lipinski definition) is 4. The number of nitrogens with one attached hydrogen (secondary N) is 1. The van der Waals surface area contributed by atoms with E-state index < -0.39 is 5.82 Å². The topological polar surface area (TPSA) is 48.7 Å². The molecule has 0 unspecified atom stereocenters. The Morgan fingerprint density at radius 1 is 1.50 bits per heavy atom. The summed E-state index contributed by atoms with van der Waals surface area (Å²) in [6, 6.07) is 5.93. The zero-order chi connectivity index (χ0) is 11.5. The van der Waals surface area contributed by atoms with E-state index in [9.17, 15) is 4.39 Å². The largest absolute Gasteiger partial charge is 0.330 e. The van der Waals surface area contributed by atoms with Crippen LogP contribution in [-0.2, 0) is 0 Å². The lowest BCUT2D eigenvalue weighted by molar-refractivity contribution is 0.627. The third-order valence-electron chi connectivity index (χ3n) is 1.82. The smallest absolute Gasteiger partial charge is 0.188 e. The number of anilines is 2. The second-order valence-electron chi connectivity index (χ2n) is 2.90. The van der Waals surface area contributed by atoms with Gasteiger partial charge in [-0.25, -0.2) is 9.37 Å². The van der Waals surface area contributed by atoms with Gasteiger partial charge < -0.3 is 5.32 Å². The minimum Gasteiger partial charge on any atom is -0.330 e. The number of nitrogens with zero attached hydrogens (tertiary/aromatic N) is 2. The molecule has 1 N–H and O–H groups in total. The molecule has 16 heavy (non-hydrogen) atoms. The van der Waals surface area contributed by atoms with Gasteiger partial charge in [0, 0.05) is 5.38 Å². The zero-order valence-corrected chi connectivity index (χ0v) is 10.3. The predicted octanol–water partition coefficient (Wildman–Crippen LogP) is 3.66. The summed E-state index contributed by atoms with van der Waals surface area (Å²) in [6.45, 7) is 0. The quantitative estimate of drug-likeness (QED) is 0.920. The molecule has 0 atom stereocenters. The summed E-state index contributed by atoms with van der Waals surface area (Å²) in [7, 11) is 0. The highest BCUT2D eigenvalue weighted by Gasteiger charge is 2.06. The van der Waals surface area contributed by atoms with Crippen molar-refractivity contribution in [1.82, 2.24) is 4.98 Å². The van der Waals surface area contributed by atoms with Crippen molar-refractivity contribution in [3.63, 3.8) is 0 Å². The van der Waals surface area contributed by atoms with Crippen LogP contribution in [0.4, 0.5) is 15.2 Å². The fraction of sp³-hybridized carbons (Fsp3) is 0. The standard InChI is InChI=1S/C10H5BrFN3S/c11-9-5-16-10(15-9)14-8-2-1-7(12)3-6(8)4-13/h1-3,5H,(H,14,15). The summed E-state index contributed by atoms with van der Waals surface area (Å²) in [5, 5.41) is 14.3. The van der Waals surface area contributed by atoms with Crippen LogP contribution in [0, 0.1) is 17.1 Å². The van der Waals surface area contributed by atoms with Crippen molar-refractivity contribution in [3.8, 4) is 6.07 Å². The first kappa shape index (κ1) is 11.0. The molecule has 80 valence electrons. The first-order chi connectivity index (χ1) is 7.69. The van der Waals surface area contributed by atoms with Gasteiger partial charge in [0.05, 0.1) is 11.3 Å². The molecule has 0 aliphatic heterocycles. The van der Waals surface area contributed by atoms with E-state index in [0.29, 0.717) is 10.8 Å². The summed E-state index contributed by atoms with van der Waals surface area (Å²) in [5.41, 5.74) is 0.803. The number of thiazole rings is 1. The van der Waals surface area contributed by atoms with E-state index in [-0.39, 0.29) is 5.56 Å². The lowest BCUT2D eigenvalue weighted by Crippen LogP contribution is -1.93. The predicted molar refractivity (Wildman–Crippen MR) is 64.2 cm³/mol. The van der Waals surface area contributed by atoms with Crippen molar-refractivity contribution in [2.45, 2.75) is 0 Å². The number of benzene rings is 1. The molecule has 2 rings (SSSR count). The van der Waals surface area contributed by atoms with Crippen LogP contribution in [-0.4, -0.2) is 4.98 Å². The van der Waals surface area contributed by atoms with Crippen molar-refractivity contribution in [1.29, 1.82) is 5.26 Å². The summed E-state index contributed by atoms with van der Waals surface area (Å²) >= 11 is 4.62. The second-order valence-corrected chi connectivity index (χ2v) is 4.57. The molecule has 0 aliphatic rings. The highest BCUT2D eigenvalue weighted by Crippen LogP contribution is 2.25. The molecule has 6 heteroatoms. The Morgan fingerprint density at radius 3 is 2.94 bits per heavy atom. The van der Waals surface area contributed by atoms with Gasteiger partial charge in [-0.15, -0.1) is 11.3 Å². The van der Waals surface area contributed by atoms with Gasteiger partial charge >= 0.3 is 0 Å². The van der Waals surface area contributed by atoms with Crippen molar-refractivity contribution in [2.75, 3.05) is 5.32 Å². The number of rotatable bonds is 2. The van der Waals surface area contributed by atoms with Crippen LogP contribution in [0.3, 0.4) is 0 Å². The Balaban J connectivity index is 2.31. The molecular weight excluding hydrogens is 293 g/mol. The van der Waals surface area contributed by atoms with E-state index in [1.54, 1.807) is 0 Å². The molecule has 0 spiro atoms.